The molecule has 1 unspecified atom stereocenters. The lowest BCUT2D eigenvalue weighted by molar-refractivity contribution is -0.130. The maximum atomic E-state index is 11.8. The van der Waals surface area contributed by atoms with Gasteiger partial charge in [-0.25, -0.2) is 0 Å². The number of rotatable bonds is 7. The first-order chi connectivity index (χ1) is 8.77. The van der Waals surface area contributed by atoms with Crippen molar-refractivity contribution in [3.05, 3.63) is 48.0 Å². The molecule has 0 aliphatic rings. The maximum absolute atomic E-state index is 11.8. The largest absolute Gasteiger partial charge is 0.371 e. The van der Waals surface area contributed by atoms with Gasteiger partial charge in [-0.2, -0.15) is 0 Å². The summed E-state index contributed by atoms with van der Waals surface area (Å²) < 4.78 is 5.21. The highest BCUT2D eigenvalue weighted by Crippen LogP contribution is 2.05. The first kappa shape index (κ1) is 14.4. The minimum Gasteiger partial charge on any atom is -0.371 e. The molecule has 4 nitrogen and oxygen atoms in total. The van der Waals surface area contributed by atoms with Gasteiger partial charge in [-0.05, 0) is 5.56 Å². The molecule has 1 atom stereocenters. The van der Waals surface area contributed by atoms with E-state index in [-0.39, 0.29) is 5.91 Å². The van der Waals surface area contributed by atoms with Gasteiger partial charge in [0.2, 0.25) is 5.91 Å². The molecule has 1 aromatic rings. The summed E-state index contributed by atoms with van der Waals surface area (Å²) in [6.07, 6.45) is 3.75. The van der Waals surface area contributed by atoms with Gasteiger partial charge in [0.25, 0.3) is 0 Å². The minimum absolute atomic E-state index is 0.108. The van der Waals surface area contributed by atoms with E-state index in [0.717, 1.165) is 5.56 Å². The molecule has 4 heteroatoms. The summed E-state index contributed by atoms with van der Waals surface area (Å²) in [4.78, 5) is 11.8. The molecule has 0 radical (unpaired) electrons. The van der Waals surface area contributed by atoms with Crippen molar-refractivity contribution >= 4 is 5.91 Å². The van der Waals surface area contributed by atoms with Gasteiger partial charge in [0.15, 0.2) is 0 Å². The summed E-state index contributed by atoms with van der Waals surface area (Å²) >= 11 is 0. The molecule has 0 aliphatic carbocycles. The van der Waals surface area contributed by atoms with Crippen LogP contribution in [0.3, 0.4) is 0 Å². The van der Waals surface area contributed by atoms with E-state index in [4.69, 9.17) is 10.5 Å². The van der Waals surface area contributed by atoms with Crippen LogP contribution in [0.5, 0.6) is 0 Å². The van der Waals surface area contributed by atoms with Crippen molar-refractivity contribution in [2.24, 2.45) is 5.73 Å². The van der Waals surface area contributed by atoms with E-state index in [1.165, 1.54) is 0 Å². The van der Waals surface area contributed by atoms with E-state index in [2.05, 4.69) is 5.32 Å². The van der Waals surface area contributed by atoms with E-state index in [0.29, 0.717) is 19.5 Å². The average Bonchev–Trinajstić information content (AvgIpc) is 2.42. The minimum atomic E-state index is -0.460. The van der Waals surface area contributed by atoms with E-state index in [1.54, 1.807) is 13.2 Å². The van der Waals surface area contributed by atoms with Crippen molar-refractivity contribution in [2.45, 2.75) is 12.5 Å². The fourth-order valence-electron chi connectivity index (χ4n) is 1.56. The standard InChI is InChI=1S/C14H20N2O2/c1-18-13(11-12-7-3-2-4-8-12)14(17)16-10-6-5-9-15/h2-8,13H,9-11,15H2,1H3,(H,16,17). The summed E-state index contributed by atoms with van der Waals surface area (Å²) in [6.45, 7) is 0.957. The van der Waals surface area contributed by atoms with Gasteiger partial charge in [-0.15, -0.1) is 0 Å². The molecule has 0 aromatic heterocycles. The number of carbonyl (C=O) groups is 1. The molecule has 0 bridgehead atoms. The fourth-order valence-corrected chi connectivity index (χ4v) is 1.56. The molecule has 1 amide bonds. The second-order valence-electron chi connectivity index (χ2n) is 3.87. The second kappa shape index (κ2) is 8.44. The Balaban J connectivity index is 2.45. The SMILES string of the molecule is COC(Cc1ccccc1)C(=O)NCC=CCN. The highest BCUT2D eigenvalue weighted by molar-refractivity contribution is 5.81. The Morgan fingerprint density at radius 1 is 1.39 bits per heavy atom. The molecule has 18 heavy (non-hydrogen) atoms. The molecule has 0 fully saturated rings. The lowest BCUT2D eigenvalue weighted by Gasteiger charge is -2.14. The Kier molecular flexibility index (Phi) is 6.76. The Morgan fingerprint density at radius 2 is 2.11 bits per heavy atom. The Morgan fingerprint density at radius 3 is 2.72 bits per heavy atom. The number of nitrogens with two attached hydrogens (primary N) is 1. The normalized spacial score (nSPS) is 12.6. The molecule has 0 heterocycles. The predicted octanol–water partition coefficient (Wildman–Crippen LogP) is 0.875. The van der Waals surface area contributed by atoms with Crippen LogP contribution in [0, 0.1) is 0 Å². The quantitative estimate of drug-likeness (QED) is 0.704. The van der Waals surface area contributed by atoms with Crippen LogP contribution >= 0.6 is 0 Å². The molecule has 98 valence electrons. The fraction of sp³-hybridized carbons (Fsp3) is 0.357. The summed E-state index contributed by atoms with van der Waals surface area (Å²) in [5.74, 6) is -0.108. The third-order valence-corrected chi connectivity index (χ3v) is 2.54. The van der Waals surface area contributed by atoms with Crippen LogP contribution in [0.15, 0.2) is 42.5 Å². The molecule has 3 N–H and O–H groups in total. The van der Waals surface area contributed by atoms with Crippen molar-refractivity contribution < 1.29 is 9.53 Å². The molecule has 0 aliphatic heterocycles. The number of hydrogen-bond acceptors (Lipinski definition) is 3. The van der Waals surface area contributed by atoms with Crippen LogP contribution in [0.1, 0.15) is 5.56 Å². The summed E-state index contributed by atoms with van der Waals surface area (Å²) in [5, 5.41) is 2.78. The van der Waals surface area contributed by atoms with Crippen molar-refractivity contribution in [3.8, 4) is 0 Å². The van der Waals surface area contributed by atoms with Gasteiger partial charge in [0.1, 0.15) is 6.10 Å². The van der Waals surface area contributed by atoms with Crippen LogP contribution in [-0.4, -0.2) is 32.2 Å². The van der Waals surface area contributed by atoms with Crippen molar-refractivity contribution in [2.75, 3.05) is 20.2 Å². The Hall–Kier alpha value is -1.65. The highest BCUT2D eigenvalue weighted by Gasteiger charge is 2.17. The zero-order chi connectivity index (χ0) is 13.2. The van der Waals surface area contributed by atoms with Gasteiger partial charge < -0.3 is 15.8 Å². The molecule has 0 saturated carbocycles. The molecular weight excluding hydrogens is 228 g/mol. The molecule has 0 spiro atoms. The molecular formula is C14H20N2O2. The van der Waals surface area contributed by atoms with E-state index in [1.807, 2.05) is 36.4 Å². The maximum Gasteiger partial charge on any atom is 0.249 e. The van der Waals surface area contributed by atoms with E-state index >= 15 is 0 Å². The molecule has 0 saturated heterocycles. The summed E-state index contributed by atoms with van der Waals surface area (Å²) in [6, 6.07) is 9.80. The Labute approximate surface area is 108 Å². The summed E-state index contributed by atoms with van der Waals surface area (Å²) in [5.41, 5.74) is 6.39. The molecule has 1 aromatic carbocycles. The van der Waals surface area contributed by atoms with Gasteiger partial charge >= 0.3 is 0 Å². The third kappa shape index (κ3) is 5.12. The van der Waals surface area contributed by atoms with E-state index in [9.17, 15) is 4.79 Å². The first-order valence-corrected chi connectivity index (χ1v) is 5.97. The number of amides is 1. The number of hydrogen-bond donors (Lipinski definition) is 2. The van der Waals surface area contributed by atoms with Crippen molar-refractivity contribution in [1.29, 1.82) is 0 Å². The van der Waals surface area contributed by atoms with Crippen LogP contribution in [0.2, 0.25) is 0 Å². The number of carbonyl (C=O) groups excluding carboxylic acids is 1. The average molecular weight is 248 g/mol. The Bertz CT molecular complexity index is 377. The highest BCUT2D eigenvalue weighted by atomic mass is 16.5. The van der Waals surface area contributed by atoms with Crippen molar-refractivity contribution in [1.82, 2.24) is 5.32 Å². The lowest BCUT2D eigenvalue weighted by Crippen LogP contribution is -2.37. The second-order valence-corrected chi connectivity index (χ2v) is 3.87. The number of benzene rings is 1. The number of nitrogens with one attached hydrogen (secondary N) is 1. The number of ether oxygens (including phenoxy) is 1. The van der Waals surface area contributed by atoms with Crippen LogP contribution in [-0.2, 0) is 16.0 Å². The van der Waals surface area contributed by atoms with Gasteiger partial charge in [-0.3, -0.25) is 4.79 Å². The monoisotopic (exact) mass is 248 g/mol. The summed E-state index contributed by atoms with van der Waals surface area (Å²) in [7, 11) is 1.54. The van der Waals surface area contributed by atoms with E-state index < -0.39 is 6.10 Å². The first-order valence-electron chi connectivity index (χ1n) is 5.97. The predicted molar refractivity (Wildman–Crippen MR) is 72.1 cm³/mol. The topological polar surface area (TPSA) is 64.3 Å². The van der Waals surface area contributed by atoms with Crippen LogP contribution < -0.4 is 11.1 Å². The number of methoxy groups -OCH3 is 1. The molecule has 1 rings (SSSR count). The van der Waals surface area contributed by atoms with Gasteiger partial charge in [0, 0.05) is 26.6 Å². The zero-order valence-electron chi connectivity index (χ0n) is 10.6. The third-order valence-electron chi connectivity index (χ3n) is 2.54. The van der Waals surface area contributed by atoms with Crippen LogP contribution in [0.25, 0.3) is 0 Å². The smallest absolute Gasteiger partial charge is 0.249 e. The zero-order valence-corrected chi connectivity index (χ0v) is 10.6. The van der Waals surface area contributed by atoms with Gasteiger partial charge in [-0.1, -0.05) is 42.5 Å². The van der Waals surface area contributed by atoms with Crippen molar-refractivity contribution in [3.63, 3.8) is 0 Å². The lowest BCUT2D eigenvalue weighted by atomic mass is 10.1. The van der Waals surface area contributed by atoms with Gasteiger partial charge in [0.05, 0.1) is 0 Å². The van der Waals surface area contributed by atoms with Crippen LogP contribution in [0.4, 0.5) is 0 Å².